The fourth-order valence-corrected chi connectivity index (χ4v) is 2.96. The molecule has 0 amide bonds. The van der Waals surface area contributed by atoms with Gasteiger partial charge in [0, 0.05) is 18.2 Å². The quantitative estimate of drug-likeness (QED) is 0.891. The van der Waals surface area contributed by atoms with Gasteiger partial charge in [-0.05, 0) is 50.7 Å². The summed E-state index contributed by atoms with van der Waals surface area (Å²) in [6.07, 6.45) is 2.69. The van der Waals surface area contributed by atoms with Crippen molar-refractivity contribution in [1.29, 1.82) is 0 Å². The molecule has 0 saturated heterocycles. The fraction of sp³-hybridized carbons (Fsp3) is 0.471. The zero-order valence-electron chi connectivity index (χ0n) is 12.4. The number of aryl methyl sites for hydroxylation is 2. The predicted octanol–water partition coefficient (Wildman–Crippen LogP) is 4.02. The average Bonchev–Trinajstić information content (AvgIpc) is 3.23. The summed E-state index contributed by atoms with van der Waals surface area (Å²) in [6, 6.07) is 9.04. The highest BCUT2D eigenvalue weighted by Gasteiger charge is 2.25. The van der Waals surface area contributed by atoms with Crippen LogP contribution < -0.4 is 5.32 Å². The van der Waals surface area contributed by atoms with Crippen molar-refractivity contribution in [2.24, 2.45) is 0 Å². The van der Waals surface area contributed by atoms with E-state index in [1.807, 2.05) is 13.8 Å². The number of hydrogen-bond donors (Lipinski definition) is 1. The number of rotatable bonds is 5. The van der Waals surface area contributed by atoms with Crippen LogP contribution in [0.15, 0.2) is 28.8 Å². The first kappa shape index (κ1) is 13.4. The van der Waals surface area contributed by atoms with Gasteiger partial charge in [0.15, 0.2) is 0 Å². The molecule has 0 aliphatic heterocycles. The normalized spacial score (nSPS) is 16.4. The van der Waals surface area contributed by atoms with Gasteiger partial charge in [-0.15, -0.1) is 0 Å². The second-order valence-corrected chi connectivity index (χ2v) is 5.81. The smallest absolute Gasteiger partial charge is 0.138 e. The molecule has 1 aromatic heterocycles. The summed E-state index contributed by atoms with van der Waals surface area (Å²) >= 11 is 0. The Morgan fingerprint density at radius 1 is 1.30 bits per heavy atom. The summed E-state index contributed by atoms with van der Waals surface area (Å²) in [6.45, 7) is 7.05. The zero-order chi connectivity index (χ0) is 14.1. The zero-order valence-corrected chi connectivity index (χ0v) is 12.4. The van der Waals surface area contributed by atoms with Crippen LogP contribution in [0.5, 0.6) is 0 Å². The van der Waals surface area contributed by atoms with Gasteiger partial charge in [-0.1, -0.05) is 29.4 Å². The van der Waals surface area contributed by atoms with E-state index < -0.39 is 0 Å². The largest absolute Gasteiger partial charge is 0.361 e. The van der Waals surface area contributed by atoms with Crippen LogP contribution in [0.25, 0.3) is 0 Å². The highest BCUT2D eigenvalue weighted by atomic mass is 16.5. The fourth-order valence-electron chi connectivity index (χ4n) is 2.96. The van der Waals surface area contributed by atoms with Gasteiger partial charge in [0.05, 0.1) is 5.69 Å². The molecular weight excluding hydrogens is 248 g/mol. The molecule has 1 saturated carbocycles. The molecule has 1 aliphatic rings. The summed E-state index contributed by atoms with van der Waals surface area (Å²) in [7, 11) is 0. The van der Waals surface area contributed by atoms with Crippen molar-refractivity contribution in [3.63, 3.8) is 0 Å². The van der Waals surface area contributed by atoms with Gasteiger partial charge < -0.3 is 9.84 Å². The first-order valence-corrected chi connectivity index (χ1v) is 7.40. The second-order valence-electron chi connectivity index (χ2n) is 5.81. The Hall–Kier alpha value is -1.61. The van der Waals surface area contributed by atoms with Gasteiger partial charge in [0.25, 0.3) is 0 Å². The molecule has 1 unspecified atom stereocenters. The summed E-state index contributed by atoms with van der Waals surface area (Å²) < 4.78 is 5.25. The molecule has 1 heterocycles. The molecule has 1 aromatic carbocycles. The second kappa shape index (κ2) is 5.41. The van der Waals surface area contributed by atoms with E-state index in [2.05, 4.69) is 41.7 Å². The molecule has 1 fully saturated rings. The van der Waals surface area contributed by atoms with Crippen molar-refractivity contribution >= 4 is 0 Å². The molecule has 3 heteroatoms. The van der Waals surface area contributed by atoms with Gasteiger partial charge in [-0.2, -0.15) is 0 Å². The Morgan fingerprint density at radius 3 is 2.70 bits per heavy atom. The molecule has 2 aromatic rings. The molecule has 3 nitrogen and oxygen atoms in total. The molecule has 0 bridgehead atoms. The number of benzene rings is 1. The lowest BCUT2D eigenvalue weighted by Crippen LogP contribution is -2.19. The predicted molar refractivity (Wildman–Crippen MR) is 79.6 cm³/mol. The maximum absolute atomic E-state index is 5.25. The summed E-state index contributed by atoms with van der Waals surface area (Å²) in [5, 5.41) is 7.64. The summed E-state index contributed by atoms with van der Waals surface area (Å²) in [5.41, 5.74) is 5.12. The molecule has 20 heavy (non-hydrogen) atoms. The maximum Gasteiger partial charge on any atom is 0.138 e. The Labute approximate surface area is 120 Å². The molecular formula is C17H22N2O. The maximum atomic E-state index is 5.25. The topological polar surface area (TPSA) is 38.1 Å². The monoisotopic (exact) mass is 270 g/mol. The van der Waals surface area contributed by atoms with E-state index >= 15 is 0 Å². The van der Waals surface area contributed by atoms with E-state index in [1.54, 1.807) is 0 Å². The molecule has 0 radical (unpaired) electrons. The Bertz CT molecular complexity index is 579. The van der Waals surface area contributed by atoms with Crippen molar-refractivity contribution in [1.82, 2.24) is 10.5 Å². The molecule has 1 atom stereocenters. The number of nitrogens with one attached hydrogen (secondary N) is 1. The van der Waals surface area contributed by atoms with Crippen molar-refractivity contribution in [3.05, 3.63) is 52.4 Å². The van der Waals surface area contributed by atoms with Crippen molar-refractivity contribution < 1.29 is 4.52 Å². The molecule has 1 N–H and O–H groups in total. The molecule has 3 rings (SSSR count). The standard InChI is InChI=1S/C17H22N2O/c1-11(17-12(2)19-20-13(17)3)18-10-15-6-4-5-7-16(15)14-8-9-14/h4-7,11,14,18H,8-10H2,1-3H3. The SMILES string of the molecule is Cc1noc(C)c1C(C)NCc1ccccc1C1CC1. The lowest BCUT2D eigenvalue weighted by Gasteiger charge is -2.15. The number of hydrogen-bond acceptors (Lipinski definition) is 3. The van der Waals surface area contributed by atoms with Crippen LogP contribution >= 0.6 is 0 Å². The summed E-state index contributed by atoms with van der Waals surface area (Å²) in [5.74, 6) is 1.71. The van der Waals surface area contributed by atoms with E-state index in [9.17, 15) is 0 Å². The van der Waals surface area contributed by atoms with Crippen molar-refractivity contribution in [2.75, 3.05) is 0 Å². The van der Waals surface area contributed by atoms with Crippen LogP contribution in [0.4, 0.5) is 0 Å². The van der Waals surface area contributed by atoms with Crippen molar-refractivity contribution in [3.8, 4) is 0 Å². The third kappa shape index (κ3) is 2.63. The minimum absolute atomic E-state index is 0.258. The van der Waals surface area contributed by atoms with Crippen LogP contribution in [-0.4, -0.2) is 5.16 Å². The third-order valence-corrected chi connectivity index (χ3v) is 4.19. The molecule has 1 aliphatic carbocycles. The number of nitrogens with zero attached hydrogens (tertiary/aromatic N) is 1. The van der Waals surface area contributed by atoms with E-state index in [0.29, 0.717) is 0 Å². The van der Waals surface area contributed by atoms with Crippen LogP contribution in [-0.2, 0) is 6.54 Å². The molecule has 106 valence electrons. The van der Waals surface area contributed by atoms with Gasteiger partial charge in [0.1, 0.15) is 5.76 Å². The average molecular weight is 270 g/mol. The highest BCUT2D eigenvalue weighted by Crippen LogP contribution is 2.41. The third-order valence-electron chi connectivity index (χ3n) is 4.19. The van der Waals surface area contributed by atoms with Crippen LogP contribution in [0.1, 0.15) is 59.9 Å². The van der Waals surface area contributed by atoms with Crippen molar-refractivity contribution in [2.45, 2.75) is 52.1 Å². The van der Waals surface area contributed by atoms with Gasteiger partial charge in [0.2, 0.25) is 0 Å². The Morgan fingerprint density at radius 2 is 2.05 bits per heavy atom. The first-order chi connectivity index (χ1) is 9.66. The molecule has 0 spiro atoms. The van der Waals surface area contributed by atoms with Crippen LogP contribution in [0.3, 0.4) is 0 Å². The lowest BCUT2D eigenvalue weighted by molar-refractivity contribution is 0.390. The minimum Gasteiger partial charge on any atom is -0.361 e. The van der Waals surface area contributed by atoms with Gasteiger partial charge in [-0.25, -0.2) is 0 Å². The minimum atomic E-state index is 0.258. The number of aromatic nitrogens is 1. The lowest BCUT2D eigenvalue weighted by atomic mass is 10.0. The summed E-state index contributed by atoms with van der Waals surface area (Å²) in [4.78, 5) is 0. The van der Waals surface area contributed by atoms with Crippen LogP contribution in [0.2, 0.25) is 0 Å². The highest BCUT2D eigenvalue weighted by molar-refractivity contribution is 5.33. The van der Waals surface area contributed by atoms with Gasteiger partial charge in [-0.3, -0.25) is 0 Å². The Kier molecular flexibility index (Phi) is 3.62. The van der Waals surface area contributed by atoms with E-state index in [4.69, 9.17) is 4.52 Å². The van der Waals surface area contributed by atoms with Crippen LogP contribution in [0, 0.1) is 13.8 Å². The first-order valence-electron chi connectivity index (χ1n) is 7.40. The van der Waals surface area contributed by atoms with E-state index in [0.717, 1.165) is 23.9 Å². The Balaban J connectivity index is 1.71. The van der Waals surface area contributed by atoms with E-state index in [1.165, 1.54) is 29.5 Å². The van der Waals surface area contributed by atoms with E-state index in [-0.39, 0.29) is 6.04 Å². The van der Waals surface area contributed by atoms with Gasteiger partial charge >= 0.3 is 0 Å².